The van der Waals surface area contributed by atoms with E-state index >= 15 is 0 Å². The van der Waals surface area contributed by atoms with Gasteiger partial charge in [-0.25, -0.2) is 13.4 Å². The van der Waals surface area contributed by atoms with Crippen molar-refractivity contribution >= 4 is 54.0 Å². The minimum Gasteiger partial charge on any atom is -0.284 e. The highest BCUT2D eigenvalue weighted by atomic mass is 35.5. The summed E-state index contributed by atoms with van der Waals surface area (Å²) in [7, 11) is -3.43. The second-order valence-electron chi connectivity index (χ2n) is 7.31. The number of hydrogen-bond acceptors (Lipinski definition) is 5. The van der Waals surface area contributed by atoms with Gasteiger partial charge in [-0.1, -0.05) is 71.5 Å². The van der Waals surface area contributed by atoms with Gasteiger partial charge in [-0.2, -0.15) is 0 Å². The van der Waals surface area contributed by atoms with Crippen LogP contribution in [0.15, 0.2) is 83.8 Å². The van der Waals surface area contributed by atoms with Gasteiger partial charge >= 0.3 is 0 Å². The molecule has 0 atom stereocenters. The zero-order valence-corrected chi connectivity index (χ0v) is 19.5. The highest BCUT2D eigenvalue weighted by Gasteiger charge is 2.22. The molecule has 1 heterocycles. The van der Waals surface area contributed by atoms with Gasteiger partial charge in [-0.15, -0.1) is 0 Å². The average Bonchev–Trinajstić information content (AvgIpc) is 3.21. The summed E-state index contributed by atoms with van der Waals surface area (Å²) in [5.41, 5.74) is 1.74. The molecule has 8 heteroatoms. The lowest BCUT2D eigenvalue weighted by molar-refractivity contribution is -0.118. The molecule has 0 aliphatic rings. The Labute approximate surface area is 196 Å². The first-order valence-electron chi connectivity index (χ1n) is 10.1. The highest BCUT2D eigenvalue weighted by Crippen LogP contribution is 2.32. The number of halogens is 1. The zero-order valence-electron chi connectivity index (χ0n) is 17.1. The Hall–Kier alpha value is -2.74. The third kappa shape index (κ3) is 5.35. The van der Waals surface area contributed by atoms with Gasteiger partial charge in [0, 0.05) is 11.4 Å². The van der Waals surface area contributed by atoms with Crippen LogP contribution in [0.5, 0.6) is 0 Å². The molecule has 0 aliphatic carbocycles. The Kier molecular flexibility index (Phi) is 6.89. The first kappa shape index (κ1) is 22.5. The lowest BCUT2D eigenvalue weighted by Crippen LogP contribution is -2.30. The summed E-state index contributed by atoms with van der Waals surface area (Å²) < 4.78 is 26.0. The summed E-state index contributed by atoms with van der Waals surface area (Å²) >= 11 is 7.50. The Balaban J connectivity index is 1.53. The van der Waals surface area contributed by atoms with Crippen LogP contribution in [-0.2, 0) is 21.2 Å². The van der Waals surface area contributed by atoms with E-state index in [-0.39, 0.29) is 29.4 Å². The molecule has 0 unspecified atom stereocenters. The molecule has 4 aromatic rings. The number of thiazole rings is 1. The van der Waals surface area contributed by atoms with Gasteiger partial charge in [0.2, 0.25) is 5.91 Å². The monoisotopic (exact) mass is 484 g/mol. The second-order valence-corrected chi connectivity index (χ2v) is 10.9. The van der Waals surface area contributed by atoms with Crippen LogP contribution >= 0.6 is 22.9 Å². The maximum Gasteiger partial charge on any atom is 0.229 e. The van der Waals surface area contributed by atoms with E-state index < -0.39 is 9.84 Å². The predicted octanol–water partition coefficient (Wildman–Crippen LogP) is 5.74. The fourth-order valence-corrected chi connectivity index (χ4v) is 5.91. The molecule has 164 valence electrons. The summed E-state index contributed by atoms with van der Waals surface area (Å²) in [5.74, 6) is -0.250. The lowest BCUT2D eigenvalue weighted by Gasteiger charge is -2.20. The number of carbonyl (C=O) groups excluding carboxylic acids is 1. The number of rotatable bonds is 8. The second kappa shape index (κ2) is 9.81. The molecule has 32 heavy (non-hydrogen) atoms. The van der Waals surface area contributed by atoms with Crippen molar-refractivity contribution in [2.75, 3.05) is 10.7 Å². The van der Waals surface area contributed by atoms with Crippen LogP contribution < -0.4 is 4.90 Å². The molecule has 0 saturated carbocycles. The lowest BCUT2D eigenvalue weighted by atomic mass is 10.2. The van der Waals surface area contributed by atoms with Crippen LogP contribution in [0, 0.1) is 0 Å². The van der Waals surface area contributed by atoms with Crippen molar-refractivity contribution in [3.63, 3.8) is 0 Å². The molecular weight excluding hydrogens is 464 g/mol. The molecule has 5 nitrogen and oxygen atoms in total. The van der Waals surface area contributed by atoms with Crippen LogP contribution in [0.2, 0.25) is 5.02 Å². The van der Waals surface area contributed by atoms with E-state index in [9.17, 15) is 13.2 Å². The molecule has 1 aromatic heterocycles. The van der Waals surface area contributed by atoms with Crippen molar-refractivity contribution in [1.29, 1.82) is 0 Å². The van der Waals surface area contributed by atoms with E-state index in [1.807, 2.05) is 42.5 Å². The van der Waals surface area contributed by atoms with Gasteiger partial charge < -0.3 is 0 Å². The standard InChI is InChI=1S/C24H21ClN2O3S2/c25-19-13-14-21-22(16-19)31-24(26-21)27(17-18-8-3-1-4-9-18)23(28)12-7-15-32(29,30)20-10-5-2-6-11-20/h1-6,8-11,13-14,16H,7,12,15,17H2. The quantitative estimate of drug-likeness (QED) is 0.320. The first-order chi connectivity index (χ1) is 15.4. The van der Waals surface area contributed by atoms with Crippen LogP contribution in [0.4, 0.5) is 5.13 Å². The molecule has 0 N–H and O–H groups in total. The third-order valence-corrected chi connectivity index (χ3v) is 8.05. The van der Waals surface area contributed by atoms with Gasteiger partial charge in [-0.3, -0.25) is 9.69 Å². The molecule has 0 radical (unpaired) electrons. The molecular formula is C24H21ClN2O3S2. The van der Waals surface area contributed by atoms with Crippen molar-refractivity contribution < 1.29 is 13.2 Å². The number of anilines is 1. The smallest absolute Gasteiger partial charge is 0.229 e. The maximum absolute atomic E-state index is 13.2. The minimum absolute atomic E-state index is 0.0859. The van der Waals surface area contributed by atoms with E-state index in [4.69, 9.17) is 11.6 Å². The molecule has 3 aromatic carbocycles. The molecule has 0 bridgehead atoms. The summed E-state index contributed by atoms with van der Waals surface area (Å²) in [6, 6.07) is 23.4. The number of hydrogen-bond donors (Lipinski definition) is 0. The Bertz CT molecular complexity index is 1320. The maximum atomic E-state index is 13.2. The van der Waals surface area contributed by atoms with Crippen molar-refractivity contribution in [2.24, 2.45) is 0 Å². The Morgan fingerprint density at radius 1 is 0.969 bits per heavy atom. The van der Waals surface area contributed by atoms with Gasteiger partial charge in [0.05, 0.1) is 27.4 Å². The normalized spacial score (nSPS) is 11.5. The van der Waals surface area contributed by atoms with Crippen LogP contribution in [-0.4, -0.2) is 25.1 Å². The van der Waals surface area contributed by atoms with E-state index in [0.29, 0.717) is 16.7 Å². The van der Waals surface area contributed by atoms with Crippen LogP contribution in [0.3, 0.4) is 0 Å². The summed E-state index contributed by atoms with van der Waals surface area (Å²) in [4.78, 5) is 19.7. The van der Waals surface area contributed by atoms with Gasteiger partial charge in [-0.05, 0) is 42.3 Å². The van der Waals surface area contributed by atoms with Gasteiger partial charge in [0.15, 0.2) is 15.0 Å². The summed E-state index contributed by atoms with van der Waals surface area (Å²) in [5, 5.41) is 1.18. The minimum atomic E-state index is -3.43. The van der Waals surface area contributed by atoms with Gasteiger partial charge in [0.1, 0.15) is 0 Å². The highest BCUT2D eigenvalue weighted by molar-refractivity contribution is 7.91. The largest absolute Gasteiger partial charge is 0.284 e. The fraction of sp³-hybridized carbons (Fsp3) is 0.167. The Morgan fingerprint density at radius 2 is 1.66 bits per heavy atom. The third-order valence-electron chi connectivity index (χ3n) is 4.96. The van der Waals surface area contributed by atoms with Crippen molar-refractivity contribution in [2.45, 2.75) is 24.3 Å². The number of nitrogens with zero attached hydrogens (tertiary/aromatic N) is 2. The number of sulfone groups is 1. The topological polar surface area (TPSA) is 67.3 Å². The number of benzene rings is 3. The van der Waals surface area contributed by atoms with E-state index in [1.165, 1.54) is 11.3 Å². The summed E-state index contributed by atoms with van der Waals surface area (Å²) in [6.45, 7) is 0.360. The molecule has 0 aliphatic heterocycles. The average molecular weight is 485 g/mol. The molecule has 0 spiro atoms. The molecule has 4 rings (SSSR count). The SMILES string of the molecule is O=C(CCCS(=O)(=O)c1ccccc1)N(Cc1ccccc1)c1nc2ccc(Cl)cc2s1. The van der Waals surface area contributed by atoms with Gasteiger partial charge in [0.25, 0.3) is 0 Å². The number of aromatic nitrogens is 1. The van der Waals surface area contributed by atoms with E-state index in [0.717, 1.165) is 15.8 Å². The fourth-order valence-electron chi connectivity index (χ4n) is 3.32. The predicted molar refractivity (Wildman–Crippen MR) is 130 cm³/mol. The Morgan fingerprint density at radius 3 is 2.38 bits per heavy atom. The molecule has 0 fully saturated rings. The molecule has 0 saturated heterocycles. The summed E-state index contributed by atoms with van der Waals surface area (Å²) in [6.07, 6.45) is 0.341. The zero-order chi connectivity index (χ0) is 22.6. The number of carbonyl (C=O) groups is 1. The first-order valence-corrected chi connectivity index (χ1v) is 13.0. The van der Waals surface area contributed by atoms with E-state index in [1.54, 1.807) is 41.3 Å². The molecule has 1 amide bonds. The van der Waals surface area contributed by atoms with Crippen LogP contribution in [0.25, 0.3) is 10.2 Å². The van der Waals surface area contributed by atoms with Crippen molar-refractivity contribution in [1.82, 2.24) is 4.98 Å². The van der Waals surface area contributed by atoms with Crippen LogP contribution in [0.1, 0.15) is 18.4 Å². The van der Waals surface area contributed by atoms with Crippen molar-refractivity contribution in [3.8, 4) is 0 Å². The van der Waals surface area contributed by atoms with Crippen molar-refractivity contribution in [3.05, 3.63) is 89.4 Å². The number of amides is 1. The van der Waals surface area contributed by atoms with E-state index in [2.05, 4.69) is 4.98 Å². The number of fused-ring (bicyclic) bond motifs is 1.